The van der Waals surface area contributed by atoms with Crippen molar-refractivity contribution in [3.8, 4) is 0 Å². The third-order valence-electron chi connectivity index (χ3n) is 1.12. The van der Waals surface area contributed by atoms with Gasteiger partial charge in [0.05, 0.1) is 5.54 Å². The molecule has 0 amide bonds. The van der Waals surface area contributed by atoms with E-state index in [2.05, 4.69) is 5.16 Å². The Morgan fingerprint density at radius 1 is 1.70 bits per heavy atom. The quantitative estimate of drug-likeness (QED) is 0.678. The van der Waals surface area contributed by atoms with Gasteiger partial charge in [0.15, 0.2) is 10.9 Å². The molecule has 0 aliphatic heterocycles. The minimum absolute atomic E-state index is 0.341. The Hall–Kier alpha value is -0.540. The van der Waals surface area contributed by atoms with Crippen LogP contribution in [0.15, 0.2) is 10.6 Å². The van der Waals surface area contributed by atoms with E-state index in [0.717, 1.165) is 0 Å². The molecule has 0 aliphatic rings. The third-order valence-corrected chi connectivity index (χ3v) is 1.29. The Kier molecular flexibility index (Phi) is 1.70. The fourth-order valence-electron chi connectivity index (χ4n) is 0.557. The molecule has 0 radical (unpaired) electrons. The number of rotatable bonds is 1. The zero-order valence-electron chi connectivity index (χ0n) is 5.89. The Labute approximate surface area is 64.1 Å². The summed E-state index contributed by atoms with van der Waals surface area (Å²) in [6, 6.07) is 1.61. The standard InChI is InChI=1S/C6H9ClN2O/c1-6(2,8)4-3-5(7)9-10-4/h3H,8H2,1-2H3. The first-order valence-corrected chi connectivity index (χ1v) is 3.29. The Bertz CT molecular complexity index is 226. The highest BCUT2D eigenvalue weighted by Crippen LogP contribution is 2.19. The van der Waals surface area contributed by atoms with Crippen molar-refractivity contribution < 1.29 is 4.52 Å². The highest BCUT2D eigenvalue weighted by Gasteiger charge is 2.19. The van der Waals surface area contributed by atoms with Crippen molar-refractivity contribution >= 4 is 11.6 Å². The molecule has 10 heavy (non-hydrogen) atoms. The summed E-state index contributed by atoms with van der Waals surface area (Å²) in [5.74, 6) is 0.595. The summed E-state index contributed by atoms with van der Waals surface area (Å²) in [6.45, 7) is 3.65. The van der Waals surface area contributed by atoms with Crippen LogP contribution in [-0.4, -0.2) is 5.16 Å². The minimum atomic E-state index is -0.500. The van der Waals surface area contributed by atoms with Crippen LogP contribution in [0.2, 0.25) is 5.15 Å². The Balaban J connectivity index is 2.96. The van der Waals surface area contributed by atoms with Gasteiger partial charge >= 0.3 is 0 Å². The highest BCUT2D eigenvalue weighted by molar-refractivity contribution is 6.29. The molecule has 0 bridgehead atoms. The predicted octanol–water partition coefficient (Wildman–Crippen LogP) is 1.52. The maximum Gasteiger partial charge on any atom is 0.172 e. The molecule has 56 valence electrons. The normalized spacial score (nSPS) is 12.0. The summed E-state index contributed by atoms with van der Waals surface area (Å²) in [5, 5.41) is 3.83. The van der Waals surface area contributed by atoms with E-state index in [9.17, 15) is 0 Å². The van der Waals surface area contributed by atoms with Crippen molar-refractivity contribution in [3.05, 3.63) is 17.0 Å². The molecule has 0 saturated heterocycles. The van der Waals surface area contributed by atoms with Gasteiger partial charge in [0.1, 0.15) is 0 Å². The lowest BCUT2D eigenvalue weighted by Crippen LogP contribution is -2.27. The predicted molar refractivity (Wildman–Crippen MR) is 38.7 cm³/mol. The first-order chi connectivity index (χ1) is 4.50. The molecule has 2 N–H and O–H groups in total. The van der Waals surface area contributed by atoms with Crippen LogP contribution < -0.4 is 5.73 Å². The Morgan fingerprint density at radius 2 is 2.30 bits per heavy atom. The highest BCUT2D eigenvalue weighted by atomic mass is 35.5. The van der Waals surface area contributed by atoms with E-state index in [1.165, 1.54) is 0 Å². The zero-order chi connectivity index (χ0) is 7.78. The van der Waals surface area contributed by atoms with Gasteiger partial charge in [0.2, 0.25) is 0 Å². The molecular weight excluding hydrogens is 152 g/mol. The fourth-order valence-corrected chi connectivity index (χ4v) is 0.691. The van der Waals surface area contributed by atoms with Gasteiger partial charge in [-0.3, -0.25) is 0 Å². The molecular formula is C6H9ClN2O. The van der Waals surface area contributed by atoms with Crippen molar-refractivity contribution in [2.24, 2.45) is 5.73 Å². The second-order valence-corrected chi connectivity index (χ2v) is 3.12. The van der Waals surface area contributed by atoms with Gasteiger partial charge in [-0.1, -0.05) is 16.8 Å². The van der Waals surface area contributed by atoms with Gasteiger partial charge in [-0.15, -0.1) is 0 Å². The van der Waals surface area contributed by atoms with Gasteiger partial charge in [-0.2, -0.15) is 0 Å². The van der Waals surface area contributed by atoms with Crippen molar-refractivity contribution in [1.29, 1.82) is 0 Å². The lowest BCUT2D eigenvalue weighted by atomic mass is 10.0. The summed E-state index contributed by atoms with van der Waals surface area (Å²) in [7, 11) is 0. The summed E-state index contributed by atoms with van der Waals surface area (Å²) in [6.07, 6.45) is 0. The van der Waals surface area contributed by atoms with E-state index in [1.54, 1.807) is 6.07 Å². The maximum absolute atomic E-state index is 5.68. The van der Waals surface area contributed by atoms with E-state index in [-0.39, 0.29) is 0 Å². The summed E-state index contributed by atoms with van der Waals surface area (Å²) >= 11 is 5.51. The van der Waals surface area contributed by atoms with Gasteiger partial charge < -0.3 is 10.3 Å². The second-order valence-electron chi connectivity index (χ2n) is 2.74. The molecule has 0 aromatic carbocycles. The minimum Gasteiger partial charge on any atom is -0.358 e. The summed E-state index contributed by atoms with van der Waals surface area (Å²) in [4.78, 5) is 0. The van der Waals surface area contributed by atoms with Gasteiger partial charge in [-0.25, -0.2) is 0 Å². The number of halogens is 1. The van der Waals surface area contributed by atoms with Gasteiger partial charge in [-0.05, 0) is 13.8 Å². The molecule has 3 nitrogen and oxygen atoms in total. The van der Waals surface area contributed by atoms with Gasteiger partial charge in [0, 0.05) is 6.07 Å². The van der Waals surface area contributed by atoms with Crippen LogP contribution in [0.3, 0.4) is 0 Å². The molecule has 0 aliphatic carbocycles. The van der Waals surface area contributed by atoms with Crippen LogP contribution in [0.4, 0.5) is 0 Å². The topological polar surface area (TPSA) is 52.0 Å². The molecule has 0 saturated carbocycles. The lowest BCUT2D eigenvalue weighted by Gasteiger charge is -2.12. The molecule has 4 heteroatoms. The van der Waals surface area contributed by atoms with Crippen LogP contribution in [-0.2, 0) is 5.54 Å². The van der Waals surface area contributed by atoms with E-state index in [4.69, 9.17) is 21.9 Å². The smallest absolute Gasteiger partial charge is 0.172 e. The van der Waals surface area contributed by atoms with Crippen LogP contribution in [0.25, 0.3) is 0 Å². The van der Waals surface area contributed by atoms with Crippen molar-refractivity contribution in [2.75, 3.05) is 0 Å². The second kappa shape index (κ2) is 2.25. The van der Waals surface area contributed by atoms with Crippen LogP contribution in [0, 0.1) is 0 Å². The lowest BCUT2D eigenvalue weighted by molar-refractivity contribution is 0.321. The zero-order valence-corrected chi connectivity index (χ0v) is 6.64. The molecule has 1 rings (SSSR count). The molecule has 1 aromatic heterocycles. The average Bonchev–Trinajstić information content (AvgIpc) is 2.11. The number of hydrogen-bond donors (Lipinski definition) is 1. The van der Waals surface area contributed by atoms with E-state index in [1.807, 2.05) is 13.8 Å². The van der Waals surface area contributed by atoms with Gasteiger partial charge in [0.25, 0.3) is 0 Å². The molecule has 0 unspecified atom stereocenters. The molecule has 0 fully saturated rings. The Morgan fingerprint density at radius 3 is 2.50 bits per heavy atom. The number of hydrogen-bond acceptors (Lipinski definition) is 3. The number of aromatic nitrogens is 1. The van der Waals surface area contributed by atoms with E-state index in [0.29, 0.717) is 10.9 Å². The third kappa shape index (κ3) is 1.49. The maximum atomic E-state index is 5.68. The SMILES string of the molecule is CC(C)(N)c1cc(Cl)no1. The first kappa shape index (κ1) is 7.57. The number of nitrogens with zero attached hydrogens (tertiary/aromatic N) is 1. The summed E-state index contributed by atoms with van der Waals surface area (Å²) < 4.78 is 4.82. The van der Waals surface area contributed by atoms with E-state index < -0.39 is 5.54 Å². The van der Waals surface area contributed by atoms with Crippen LogP contribution >= 0.6 is 11.6 Å². The van der Waals surface area contributed by atoms with E-state index >= 15 is 0 Å². The number of nitrogens with two attached hydrogens (primary N) is 1. The fraction of sp³-hybridized carbons (Fsp3) is 0.500. The molecule has 0 atom stereocenters. The monoisotopic (exact) mass is 160 g/mol. The first-order valence-electron chi connectivity index (χ1n) is 2.92. The van der Waals surface area contributed by atoms with Crippen LogP contribution in [0.5, 0.6) is 0 Å². The molecule has 1 aromatic rings. The van der Waals surface area contributed by atoms with Crippen molar-refractivity contribution in [1.82, 2.24) is 5.16 Å². The molecule has 0 spiro atoms. The van der Waals surface area contributed by atoms with Crippen molar-refractivity contribution in [2.45, 2.75) is 19.4 Å². The van der Waals surface area contributed by atoms with Crippen LogP contribution in [0.1, 0.15) is 19.6 Å². The van der Waals surface area contributed by atoms with Crippen molar-refractivity contribution in [3.63, 3.8) is 0 Å². The average molecular weight is 161 g/mol. The molecule has 1 heterocycles. The largest absolute Gasteiger partial charge is 0.358 e. The summed E-state index contributed by atoms with van der Waals surface area (Å²) in [5.41, 5.74) is 5.18.